The number of rotatable bonds is 15. The summed E-state index contributed by atoms with van der Waals surface area (Å²) in [5.41, 5.74) is 5.52. The molecule has 190 valence electrons. The van der Waals surface area contributed by atoms with Gasteiger partial charge in [0.2, 0.25) is 0 Å². The zero-order valence-electron chi connectivity index (χ0n) is 21.0. The molecule has 3 rings (SSSR count). The first kappa shape index (κ1) is 26.9. The van der Waals surface area contributed by atoms with E-state index in [1.165, 1.54) is 35.1 Å². The van der Waals surface area contributed by atoms with Crippen molar-refractivity contribution < 1.29 is 19.4 Å². The number of hydrogen-bond acceptors (Lipinski definition) is 4. The van der Waals surface area contributed by atoms with Crippen LogP contribution in [-0.2, 0) is 17.6 Å². The molecule has 0 fully saturated rings. The Balaban J connectivity index is 1.28. The van der Waals surface area contributed by atoms with Crippen LogP contribution in [0.2, 0.25) is 0 Å². The van der Waals surface area contributed by atoms with Gasteiger partial charge in [-0.1, -0.05) is 50.5 Å². The van der Waals surface area contributed by atoms with Crippen LogP contribution in [0, 0.1) is 0 Å². The maximum Gasteiger partial charge on any atom is 0.305 e. The Morgan fingerprint density at radius 2 is 1.58 bits per heavy atom. The van der Waals surface area contributed by atoms with E-state index in [1.54, 1.807) is 24.3 Å². The van der Waals surface area contributed by atoms with Crippen molar-refractivity contribution in [3.8, 4) is 16.9 Å². The normalized spacial score (nSPS) is 10.7. The second kappa shape index (κ2) is 14.7. The summed E-state index contributed by atoms with van der Waals surface area (Å²) in [6.45, 7) is 2.93. The Kier molecular flexibility index (Phi) is 11.0. The molecule has 0 aliphatic rings. The highest BCUT2D eigenvalue weighted by molar-refractivity contribution is 5.94. The zero-order chi connectivity index (χ0) is 25.6. The van der Waals surface area contributed by atoms with Crippen LogP contribution in [0.4, 0.5) is 0 Å². The molecule has 6 heteroatoms. The molecule has 0 saturated carbocycles. The lowest BCUT2D eigenvalue weighted by Gasteiger charge is -2.08. The average Bonchev–Trinajstić information content (AvgIpc) is 2.90. The highest BCUT2D eigenvalue weighted by Gasteiger charge is 2.06. The van der Waals surface area contributed by atoms with Crippen molar-refractivity contribution in [2.45, 2.75) is 58.3 Å². The van der Waals surface area contributed by atoms with E-state index in [0.29, 0.717) is 12.2 Å². The predicted molar refractivity (Wildman–Crippen MR) is 142 cm³/mol. The SMILES string of the molecule is CCc1ccc(-c2cncc(CCCCCCCOc3ccc(C(=O)NCCC(=O)O)cc3)c2)cc1. The minimum atomic E-state index is -0.935. The maximum atomic E-state index is 12.0. The van der Waals surface area contributed by atoms with Crippen LogP contribution in [0.25, 0.3) is 11.1 Å². The summed E-state index contributed by atoms with van der Waals surface area (Å²) in [4.78, 5) is 26.9. The van der Waals surface area contributed by atoms with E-state index in [9.17, 15) is 9.59 Å². The summed E-state index contributed by atoms with van der Waals surface area (Å²) in [6.07, 6.45) is 11.5. The number of aryl methyl sites for hydroxylation is 2. The fourth-order valence-electron chi connectivity index (χ4n) is 3.95. The highest BCUT2D eigenvalue weighted by atomic mass is 16.5. The summed E-state index contributed by atoms with van der Waals surface area (Å²) < 4.78 is 5.78. The van der Waals surface area contributed by atoms with Crippen LogP contribution in [0.15, 0.2) is 67.0 Å². The van der Waals surface area contributed by atoms with Crippen molar-refractivity contribution in [1.29, 1.82) is 0 Å². The molecule has 0 atom stereocenters. The number of carbonyl (C=O) groups excluding carboxylic acids is 1. The summed E-state index contributed by atoms with van der Waals surface area (Å²) >= 11 is 0. The maximum absolute atomic E-state index is 12.0. The first-order valence-electron chi connectivity index (χ1n) is 12.8. The monoisotopic (exact) mass is 488 g/mol. The molecule has 2 N–H and O–H groups in total. The van der Waals surface area contributed by atoms with Crippen molar-refractivity contribution in [1.82, 2.24) is 10.3 Å². The van der Waals surface area contributed by atoms with E-state index in [2.05, 4.69) is 47.6 Å². The fourth-order valence-corrected chi connectivity index (χ4v) is 3.95. The van der Waals surface area contributed by atoms with Crippen LogP contribution < -0.4 is 10.1 Å². The van der Waals surface area contributed by atoms with Crippen LogP contribution in [0.3, 0.4) is 0 Å². The van der Waals surface area contributed by atoms with Gasteiger partial charge >= 0.3 is 5.97 Å². The number of aromatic nitrogens is 1. The number of pyridine rings is 1. The second-order valence-corrected chi connectivity index (χ2v) is 8.92. The van der Waals surface area contributed by atoms with E-state index < -0.39 is 5.97 Å². The number of hydrogen-bond donors (Lipinski definition) is 2. The molecule has 0 bridgehead atoms. The molecule has 2 aromatic carbocycles. The molecule has 0 aliphatic carbocycles. The number of amides is 1. The molecular formula is C30H36N2O4. The van der Waals surface area contributed by atoms with Crippen molar-refractivity contribution in [2.75, 3.05) is 13.2 Å². The van der Waals surface area contributed by atoms with Gasteiger partial charge in [0.15, 0.2) is 0 Å². The van der Waals surface area contributed by atoms with Gasteiger partial charge < -0.3 is 15.2 Å². The quantitative estimate of drug-likeness (QED) is 0.253. The van der Waals surface area contributed by atoms with Crippen molar-refractivity contribution in [2.24, 2.45) is 0 Å². The van der Waals surface area contributed by atoms with Crippen LogP contribution in [0.5, 0.6) is 5.75 Å². The number of nitrogens with one attached hydrogen (secondary N) is 1. The van der Waals surface area contributed by atoms with Gasteiger partial charge in [-0.05, 0) is 72.7 Å². The lowest BCUT2D eigenvalue weighted by molar-refractivity contribution is -0.136. The van der Waals surface area contributed by atoms with Crippen molar-refractivity contribution in [3.63, 3.8) is 0 Å². The zero-order valence-corrected chi connectivity index (χ0v) is 21.0. The number of carboxylic acids is 1. The second-order valence-electron chi connectivity index (χ2n) is 8.92. The molecule has 6 nitrogen and oxygen atoms in total. The molecule has 3 aromatic rings. The number of aliphatic carboxylic acids is 1. The first-order valence-corrected chi connectivity index (χ1v) is 12.8. The summed E-state index contributed by atoms with van der Waals surface area (Å²) in [5, 5.41) is 11.2. The van der Waals surface area contributed by atoms with Crippen LogP contribution in [-0.4, -0.2) is 35.1 Å². The van der Waals surface area contributed by atoms with E-state index in [4.69, 9.17) is 9.84 Å². The third kappa shape index (κ3) is 9.17. The van der Waals surface area contributed by atoms with Crippen molar-refractivity contribution >= 4 is 11.9 Å². The molecule has 0 radical (unpaired) electrons. The average molecular weight is 489 g/mol. The Bertz CT molecular complexity index is 1090. The smallest absolute Gasteiger partial charge is 0.305 e. The largest absolute Gasteiger partial charge is 0.494 e. The number of unbranched alkanes of at least 4 members (excludes halogenated alkanes) is 4. The number of carboxylic acid groups (broad SMARTS) is 1. The molecular weight excluding hydrogens is 452 g/mol. The molecule has 0 aliphatic heterocycles. The number of ether oxygens (including phenoxy) is 1. The summed E-state index contributed by atoms with van der Waals surface area (Å²) in [5.74, 6) is -0.486. The number of carbonyl (C=O) groups is 2. The van der Waals surface area contributed by atoms with E-state index >= 15 is 0 Å². The Morgan fingerprint density at radius 3 is 2.31 bits per heavy atom. The van der Waals surface area contributed by atoms with Gasteiger partial charge in [0, 0.05) is 30.1 Å². The first-order chi connectivity index (χ1) is 17.5. The van der Waals surface area contributed by atoms with E-state index in [0.717, 1.165) is 37.9 Å². The van der Waals surface area contributed by atoms with Gasteiger partial charge in [0.25, 0.3) is 5.91 Å². The Hall–Kier alpha value is -3.67. The number of nitrogens with zero attached hydrogens (tertiary/aromatic N) is 1. The topological polar surface area (TPSA) is 88.5 Å². The molecule has 0 saturated heterocycles. The van der Waals surface area contributed by atoms with Gasteiger partial charge in [-0.15, -0.1) is 0 Å². The predicted octanol–water partition coefficient (Wildman–Crippen LogP) is 6.09. The third-order valence-corrected chi connectivity index (χ3v) is 6.11. The Morgan fingerprint density at radius 1 is 0.861 bits per heavy atom. The lowest BCUT2D eigenvalue weighted by Crippen LogP contribution is -2.25. The number of benzene rings is 2. The summed E-state index contributed by atoms with van der Waals surface area (Å²) in [6, 6.07) is 17.9. The molecule has 1 aromatic heterocycles. The molecule has 1 heterocycles. The van der Waals surface area contributed by atoms with Crippen molar-refractivity contribution in [3.05, 3.63) is 83.7 Å². The molecule has 1 amide bonds. The fraction of sp³-hybridized carbons (Fsp3) is 0.367. The molecule has 36 heavy (non-hydrogen) atoms. The molecule has 0 unspecified atom stereocenters. The van der Waals surface area contributed by atoms with Crippen LogP contribution >= 0.6 is 0 Å². The van der Waals surface area contributed by atoms with E-state index in [1.807, 2.05) is 12.4 Å². The van der Waals surface area contributed by atoms with Gasteiger partial charge in [-0.2, -0.15) is 0 Å². The van der Waals surface area contributed by atoms with E-state index in [-0.39, 0.29) is 18.9 Å². The molecule has 0 spiro atoms. The van der Waals surface area contributed by atoms with Gasteiger partial charge in [0.1, 0.15) is 5.75 Å². The van der Waals surface area contributed by atoms with Gasteiger partial charge in [0.05, 0.1) is 13.0 Å². The minimum absolute atomic E-state index is 0.0918. The lowest BCUT2D eigenvalue weighted by atomic mass is 10.0. The highest BCUT2D eigenvalue weighted by Crippen LogP contribution is 2.21. The third-order valence-electron chi connectivity index (χ3n) is 6.11. The van der Waals surface area contributed by atoms with Crippen LogP contribution in [0.1, 0.15) is 66.9 Å². The minimum Gasteiger partial charge on any atom is -0.494 e. The van der Waals surface area contributed by atoms with Gasteiger partial charge in [-0.25, -0.2) is 0 Å². The standard InChI is InChI=1S/C30H36N2O4/c1-2-23-9-11-25(12-10-23)27-20-24(21-31-22-27)8-6-4-3-5-7-19-36-28-15-13-26(14-16-28)30(35)32-18-17-29(33)34/h9-16,20-22H,2-8,17-19H2,1H3,(H,32,35)(H,33,34). The summed E-state index contributed by atoms with van der Waals surface area (Å²) in [7, 11) is 0. The Labute approximate surface area is 213 Å². The van der Waals surface area contributed by atoms with Gasteiger partial charge in [-0.3, -0.25) is 14.6 Å².